The van der Waals surface area contributed by atoms with Gasteiger partial charge in [-0.3, -0.25) is 4.90 Å². The number of allylic oxidation sites excluding steroid dienone is 3. The Morgan fingerprint density at radius 3 is 2.35 bits per heavy atom. The molecule has 1 aromatic carbocycles. The Kier molecular flexibility index (Phi) is 8.11. The minimum atomic E-state index is 0.873. The second kappa shape index (κ2) is 11.1. The molecule has 1 fully saturated rings. The summed E-state index contributed by atoms with van der Waals surface area (Å²) in [5.74, 6) is 1.07. The molecular formula is C23H34N2O. The minimum absolute atomic E-state index is 0.873. The van der Waals surface area contributed by atoms with Gasteiger partial charge in [0.25, 0.3) is 0 Å². The Balaban J connectivity index is 1.17. The van der Waals surface area contributed by atoms with Crippen LogP contribution in [0.3, 0.4) is 0 Å². The van der Waals surface area contributed by atoms with E-state index in [2.05, 4.69) is 58.4 Å². The summed E-state index contributed by atoms with van der Waals surface area (Å²) < 4.78 is 5.79. The fraction of sp³-hybridized carbons (Fsp3) is 0.565. The van der Waals surface area contributed by atoms with Crippen LogP contribution in [0.25, 0.3) is 0 Å². The fourth-order valence-corrected chi connectivity index (χ4v) is 3.72. The summed E-state index contributed by atoms with van der Waals surface area (Å²) in [4.78, 5) is 5.14. The number of para-hydroxylation sites is 1. The molecule has 142 valence electrons. The first-order valence-electron chi connectivity index (χ1n) is 10.4. The van der Waals surface area contributed by atoms with Crippen molar-refractivity contribution in [3.8, 4) is 0 Å². The van der Waals surface area contributed by atoms with Crippen molar-refractivity contribution in [3.05, 3.63) is 54.3 Å². The van der Waals surface area contributed by atoms with Crippen LogP contribution in [0.4, 0.5) is 5.69 Å². The molecule has 2 aliphatic rings. The van der Waals surface area contributed by atoms with Crippen LogP contribution in [0.1, 0.15) is 44.9 Å². The Morgan fingerprint density at radius 1 is 0.808 bits per heavy atom. The molecule has 0 spiro atoms. The Hall–Kier alpha value is -1.74. The molecule has 0 aromatic heterocycles. The first-order chi connectivity index (χ1) is 12.9. The van der Waals surface area contributed by atoms with Crippen LogP contribution in [-0.4, -0.2) is 44.2 Å². The molecule has 1 aliphatic carbocycles. The summed E-state index contributed by atoms with van der Waals surface area (Å²) in [6.07, 6.45) is 15.3. The molecule has 0 N–H and O–H groups in total. The second-order valence-corrected chi connectivity index (χ2v) is 7.37. The van der Waals surface area contributed by atoms with Crippen LogP contribution in [-0.2, 0) is 4.74 Å². The molecular weight excluding hydrogens is 320 g/mol. The van der Waals surface area contributed by atoms with E-state index in [1.54, 1.807) is 0 Å². The normalized spacial score (nSPS) is 18.0. The molecule has 1 heterocycles. The lowest BCUT2D eigenvalue weighted by Crippen LogP contribution is -2.46. The predicted octanol–water partition coefficient (Wildman–Crippen LogP) is 5.01. The largest absolute Gasteiger partial charge is 0.494 e. The van der Waals surface area contributed by atoms with Gasteiger partial charge >= 0.3 is 0 Å². The van der Waals surface area contributed by atoms with Gasteiger partial charge in [0.1, 0.15) is 5.76 Å². The summed E-state index contributed by atoms with van der Waals surface area (Å²) in [5, 5.41) is 0. The molecule has 3 nitrogen and oxygen atoms in total. The number of piperazine rings is 1. The van der Waals surface area contributed by atoms with Gasteiger partial charge in [-0.1, -0.05) is 43.5 Å². The standard InChI is InChI=1S/C23H34N2O/c1(3-11-21-26-23-14-8-5-9-15-23)2-10-16-24-17-19-25(20-18-24)22-12-6-4-7-13-22/h4,6-8,12-15H,1-3,5,9-11,16-21H2. The van der Waals surface area contributed by atoms with E-state index in [0.29, 0.717) is 0 Å². The molecule has 1 saturated heterocycles. The Morgan fingerprint density at radius 2 is 1.58 bits per heavy atom. The number of nitrogens with zero attached hydrogens (tertiary/aromatic N) is 2. The van der Waals surface area contributed by atoms with Crippen molar-refractivity contribution in [2.24, 2.45) is 0 Å². The van der Waals surface area contributed by atoms with Gasteiger partial charge in [0.15, 0.2) is 0 Å². The average molecular weight is 355 g/mol. The number of benzene rings is 1. The molecule has 3 heteroatoms. The number of hydrogen-bond acceptors (Lipinski definition) is 3. The highest BCUT2D eigenvalue weighted by molar-refractivity contribution is 5.46. The third kappa shape index (κ3) is 6.53. The van der Waals surface area contributed by atoms with E-state index in [4.69, 9.17) is 4.74 Å². The van der Waals surface area contributed by atoms with Crippen LogP contribution in [0.2, 0.25) is 0 Å². The van der Waals surface area contributed by atoms with E-state index in [-0.39, 0.29) is 0 Å². The van der Waals surface area contributed by atoms with Crippen LogP contribution in [0.5, 0.6) is 0 Å². The van der Waals surface area contributed by atoms with Gasteiger partial charge in [-0.25, -0.2) is 0 Å². The summed E-state index contributed by atoms with van der Waals surface area (Å²) in [7, 11) is 0. The van der Waals surface area contributed by atoms with Crippen molar-refractivity contribution >= 4 is 5.69 Å². The lowest BCUT2D eigenvalue weighted by atomic mass is 10.1. The smallest absolute Gasteiger partial charge is 0.114 e. The van der Waals surface area contributed by atoms with Gasteiger partial charge in [-0.15, -0.1) is 0 Å². The number of anilines is 1. The van der Waals surface area contributed by atoms with E-state index in [1.807, 2.05) is 0 Å². The maximum atomic E-state index is 5.79. The van der Waals surface area contributed by atoms with E-state index in [1.165, 1.54) is 57.4 Å². The van der Waals surface area contributed by atoms with E-state index < -0.39 is 0 Å². The van der Waals surface area contributed by atoms with Crippen LogP contribution >= 0.6 is 0 Å². The van der Waals surface area contributed by atoms with Crippen LogP contribution < -0.4 is 4.90 Å². The first-order valence-corrected chi connectivity index (χ1v) is 10.4. The molecule has 0 unspecified atom stereocenters. The molecule has 1 aliphatic heterocycles. The SMILES string of the molecule is C1=CC(OCCCCCCCN2CCN(c3ccccc3)CC2)=CCC1. The Labute approximate surface area is 159 Å². The fourth-order valence-electron chi connectivity index (χ4n) is 3.72. The van der Waals surface area contributed by atoms with Crippen LogP contribution in [0, 0.1) is 0 Å². The molecule has 0 saturated carbocycles. The summed E-state index contributed by atoms with van der Waals surface area (Å²) >= 11 is 0. The van der Waals surface area contributed by atoms with Crippen molar-refractivity contribution in [1.29, 1.82) is 0 Å². The van der Waals surface area contributed by atoms with Crippen molar-refractivity contribution in [3.63, 3.8) is 0 Å². The van der Waals surface area contributed by atoms with Gasteiger partial charge in [0, 0.05) is 31.9 Å². The van der Waals surface area contributed by atoms with Gasteiger partial charge in [-0.2, -0.15) is 0 Å². The van der Waals surface area contributed by atoms with Crippen LogP contribution in [0.15, 0.2) is 54.3 Å². The molecule has 0 radical (unpaired) electrons. The molecule has 26 heavy (non-hydrogen) atoms. The Bertz CT molecular complexity index is 559. The number of hydrogen-bond donors (Lipinski definition) is 0. The quantitative estimate of drug-likeness (QED) is 0.549. The topological polar surface area (TPSA) is 15.7 Å². The van der Waals surface area contributed by atoms with Crippen molar-refractivity contribution < 1.29 is 4.74 Å². The molecule has 0 amide bonds. The third-order valence-electron chi connectivity index (χ3n) is 5.34. The molecule has 0 atom stereocenters. The van der Waals surface area contributed by atoms with Gasteiger partial charge in [0.2, 0.25) is 0 Å². The number of unbranched alkanes of at least 4 members (excludes halogenated alkanes) is 4. The maximum Gasteiger partial charge on any atom is 0.114 e. The van der Waals surface area contributed by atoms with E-state index in [9.17, 15) is 0 Å². The van der Waals surface area contributed by atoms with Gasteiger partial charge < -0.3 is 9.64 Å². The summed E-state index contributed by atoms with van der Waals surface area (Å²) in [5.41, 5.74) is 1.37. The third-order valence-corrected chi connectivity index (χ3v) is 5.34. The lowest BCUT2D eigenvalue weighted by molar-refractivity contribution is 0.213. The monoisotopic (exact) mass is 354 g/mol. The first kappa shape index (κ1) is 19.0. The van der Waals surface area contributed by atoms with Crippen molar-refractivity contribution in [2.45, 2.75) is 44.9 Å². The highest BCUT2D eigenvalue weighted by Gasteiger charge is 2.16. The van der Waals surface area contributed by atoms with Gasteiger partial charge in [-0.05, 0) is 56.5 Å². The zero-order valence-electron chi connectivity index (χ0n) is 16.1. The average Bonchev–Trinajstić information content (AvgIpc) is 2.72. The number of rotatable bonds is 10. The zero-order valence-corrected chi connectivity index (χ0v) is 16.1. The summed E-state index contributed by atoms with van der Waals surface area (Å²) in [6.45, 7) is 6.85. The highest BCUT2D eigenvalue weighted by Crippen LogP contribution is 2.16. The maximum absolute atomic E-state index is 5.79. The minimum Gasteiger partial charge on any atom is -0.494 e. The lowest BCUT2D eigenvalue weighted by Gasteiger charge is -2.36. The van der Waals surface area contributed by atoms with Gasteiger partial charge in [0.05, 0.1) is 6.61 Å². The zero-order chi connectivity index (χ0) is 17.9. The predicted molar refractivity (Wildman–Crippen MR) is 111 cm³/mol. The van der Waals surface area contributed by atoms with E-state index >= 15 is 0 Å². The number of ether oxygens (including phenoxy) is 1. The second-order valence-electron chi connectivity index (χ2n) is 7.37. The van der Waals surface area contributed by atoms with Crippen molar-refractivity contribution in [2.75, 3.05) is 44.2 Å². The summed E-state index contributed by atoms with van der Waals surface area (Å²) in [6, 6.07) is 10.8. The van der Waals surface area contributed by atoms with Crippen molar-refractivity contribution in [1.82, 2.24) is 4.90 Å². The van der Waals surface area contributed by atoms with E-state index in [0.717, 1.165) is 38.3 Å². The molecule has 1 aromatic rings. The highest BCUT2D eigenvalue weighted by atomic mass is 16.5. The molecule has 0 bridgehead atoms. The molecule has 3 rings (SSSR count).